The monoisotopic (exact) mass is 284 g/mol. The van der Waals surface area contributed by atoms with E-state index in [9.17, 15) is 14.4 Å². The van der Waals surface area contributed by atoms with Crippen LogP contribution in [0.2, 0.25) is 0 Å². The minimum Gasteiger partial charge on any atom is -0.481 e. The number of nitrogens with one attached hydrogen (secondary N) is 1. The molecule has 1 saturated heterocycles. The number of carbonyl (C=O) groups is 3. The minimum absolute atomic E-state index is 0.0340. The summed E-state index contributed by atoms with van der Waals surface area (Å²) < 4.78 is 0. The lowest BCUT2D eigenvalue weighted by molar-refractivity contribution is -0.142. The minimum atomic E-state index is -0.923. The van der Waals surface area contributed by atoms with Crippen molar-refractivity contribution in [2.75, 3.05) is 13.6 Å². The summed E-state index contributed by atoms with van der Waals surface area (Å²) in [7, 11) is 1.73. The summed E-state index contributed by atoms with van der Waals surface area (Å²) in [5.74, 6) is -1.50. The third-order valence-corrected chi connectivity index (χ3v) is 4.26. The van der Waals surface area contributed by atoms with E-state index >= 15 is 0 Å². The molecule has 1 aliphatic heterocycles. The molecule has 0 aromatic carbocycles. The Kier molecular flexibility index (Phi) is 5.53. The maximum Gasteiger partial charge on any atom is 0.305 e. The van der Waals surface area contributed by atoms with E-state index in [1.807, 2.05) is 13.8 Å². The summed E-state index contributed by atoms with van der Waals surface area (Å²) in [6, 6.07) is 0. The van der Waals surface area contributed by atoms with Gasteiger partial charge in [0, 0.05) is 31.5 Å². The van der Waals surface area contributed by atoms with Gasteiger partial charge in [-0.15, -0.1) is 0 Å². The Bertz CT molecular complexity index is 391. The van der Waals surface area contributed by atoms with Gasteiger partial charge in [-0.25, -0.2) is 0 Å². The lowest BCUT2D eigenvalue weighted by atomic mass is 9.87. The number of hydrogen-bond acceptors (Lipinski definition) is 3. The molecule has 1 atom stereocenters. The molecule has 0 aromatic rings. The van der Waals surface area contributed by atoms with Gasteiger partial charge in [-0.1, -0.05) is 13.8 Å². The highest BCUT2D eigenvalue weighted by Crippen LogP contribution is 2.23. The Morgan fingerprint density at radius 1 is 1.40 bits per heavy atom. The predicted octanol–water partition coefficient (Wildman–Crippen LogP) is 1.00. The van der Waals surface area contributed by atoms with Gasteiger partial charge in [0.15, 0.2) is 0 Å². The van der Waals surface area contributed by atoms with E-state index in [2.05, 4.69) is 5.32 Å². The summed E-state index contributed by atoms with van der Waals surface area (Å²) >= 11 is 0. The first-order valence-electron chi connectivity index (χ1n) is 7.11. The van der Waals surface area contributed by atoms with Crippen molar-refractivity contribution in [3.05, 3.63) is 0 Å². The van der Waals surface area contributed by atoms with Gasteiger partial charge in [-0.3, -0.25) is 14.4 Å². The number of carboxylic acids is 1. The number of aliphatic carboxylic acids is 1. The molecule has 114 valence electrons. The van der Waals surface area contributed by atoms with Crippen LogP contribution < -0.4 is 5.32 Å². The molecule has 0 spiro atoms. The Labute approximate surface area is 119 Å². The lowest BCUT2D eigenvalue weighted by Gasteiger charge is -2.35. The van der Waals surface area contributed by atoms with Crippen LogP contribution in [0.3, 0.4) is 0 Å². The van der Waals surface area contributed by atoms with E-state index in [1.165, 1.54) is 0 Å². The molecule has 1 fully saturated rings. The standard InChI is InChI=1S/C14H24N2O4/c1-4-14(5-2,9-12(18)19)15-13(20)10-6-7-16(3)11(17)8-10/h10H,4-9H2,1-3H3,(H,15,20)(H,18,19). The number of hydrogen-bond donors (Lipinski definition) is 2. The van der Waals surface area contributed by atoms with Crippen molar-refractivity contribution in [1.29, 1.82) is 0 Å². The molecule has 0 saturated carbocycles. The maximum atomic E-state index is 12.3. The Hall–Kier alpha value is -1.59. The van der Waals surface area contributed by atoms with Gasteiger partial charge < -0.3 is 15.3 Å². The second-order valence-electron chi connectivity index (χ2n) is 5.55. The Morgan fingerprint density at radius 3 is 2.45 bits per heavy atom. The van der Waals surface area contributed by atoms with Crippen LogP contribution in [0.5, 0.6) is 0 Å². The summed E-state index contributed by atoms with van der Waals surface area (Å²) in [6.45, 7) is 4.31. The van der Waals surface area contributed by atoms with E-state index < -0.39 is 11.5 Å². The van der Waals surface area contributed by atoms with E-state index in [0.29, 0.717) is 25.8 Å². The smallest absolute Gasteiger partial charge is 0.305 e. The molecule has 6 nitrogen and oxygen atoms in total. The average Bonchev–Trinajstić information content (AvgIpc) is 2.40. The molecule has 1 unspecified atom stereocenters. The molecule has 0 aromatic heterocycles. The molecule has 20 heavy (non-hydrogen) atoms. The van der Waals surface area contributed by atoms with Crippen molar-refractivity contribution in [2.24, 2.45) is 5.92 Å². The van der Waals surface area contributed by atoms with Gasteiger partial charge in [0.25, 0.3) is 0 Å². The van der Waals surface area contributed by atoms with Crippen molar-refractivity contribution >= 4 is 17.8 Å². The largest absolute Gasteiger partial charge is 0.481 e. The summed E-state index contributed by atoms with van der Waals surface area (Å²) in [4.78, 5) is 36.5. The van der Waals surface area contributed by atoms with Crippen LogP contribution in [0.1, 0.15) is 46.0 Å². The molecule has 2 N–H and O–H groups in total. The normalized spacial score (nSPS) is 19.9. The second-order valence-corrected chi connectivity index (χ2v) is 5.55. The van der Waals surface area contributed by atoms with Crippen molar-refractivity contribution in [1.82, 2.24) is 10.2 Å². The summed E-state index contributed by atoms with van der Waals surface area (Å²) in [6.07, 6.45) is 1.86. The summed E-state index contributed by atoms with van der Waals surface area (Å²) in [5, 5.41) is 11.9. The van der Waals surface area contributed by atoms with Gasteiger partial charge in [0.2, 0.25) is 11.8 Å². The molecule has 2 amide bonds. The van der Waals surface area contributed by atoms with Gasteiger partial charge in [-0.2, -0.15) is 0 Å². The van der Waals surface area contributed by atoms with E-state index in [4.69, 9.17) is 5.11 Å². The quantitative estimate of drug-likeness (QED) is 0.762. The summed E-state index contributed by atoms with van der Waals surface area (Å²) in [5.41, 5.74) is -0.713. The number of nitrogens with zero attached hydrogens (tertiary/aromatic N) is 1. The van der Waals surface area contributed by atoms with Crippen molar-refractivity contribution in [3.63, 3.8) is 0 Å². The first-order chi connectivity index (χ1) is 9.33. The van der Waals surface area contributed by atoms with Crippen LogP contribution in [0.4, 0.5) is 0 Å². The van der Waals surface area contributed by atoms with Crippen molar-refractivity contribution < 1.29 is 19.5 Å². The highest BCUT2D eigenvalue weighted by atomic mass is 16.4. The second kappa shape index (κ2) is 6.72. The number of carbonyl (C=O) groups excluding carboxylic acids is 2. The van der Waals surface area contributed by atoms with E-state index in [1.54, 1.807) is 11.9 Å². The van der Waals surface area contributed by atoms with Crippen LogP contribution in [0, 0.1) is 5.92 Å². The zero-order chi connectivity index (χ0) is 15.3. The SMILES string of the molecule is CCC(CC)(CC(=O)O)NC(=O)C1CCN(C)C(=O)C1. The number of carboxylic acid groups (broad SMARTS) is 1. The molecule has 1 rings (SSSR count). The molecule has 0 aliphatic carbocycles. The zero-order valence-electron chi connectivity index (χ0n) is 12.4. The van der Waals surface area contributed by atoms with Gasteiger partial charge in [0.1, 0.15) is 0 Å². The van der Waals surface area contributed by atoms with Crippen LogP contribution in [-0.4, -0.2) is 46.9 Å². The third-order valence-electron chi connectivity index (χ3n) is 4.26. The maximum absolute atomic E-state index is 12.3. The van der Waals surface area contributed by atoms with E-state index in [-0.39, 0.29) is 30.6 Å². The molecule has 1 aliphatic rings. The number of rotatable bonds is 6. The fraction of sp³-hybridized carbons (Fsp3) is 0.786. The number of amides is 2. The first-order valence-corrected chi connectivity index (χ1v) is 7.11. The molecule has 0 radical (unpaired) electrons. The van der Waals surface area contributed by atoms with Gasteiger partial charge in [0.05, 0.1) is 6.42 Å². The van der Waals surface area contributed by atoms with Crippen LogP contribution in [0.15, 0.2) is 0 Å². The molecule has 6 heteroatoms. The predicted molar refractivity (Wildman–Crippen MR) is 74.1 cm³/mol. The topological polar surface area (TPSA) is 86.7 Å². The molecular weight excluding hydrogens is 260 g/mol. The van der Waals surface area contributed by atoms with Gasteiger partial charge >= 0.3 is 5.97 Å². The number of piperidine rings is 1. The average molecular weight is 284 g/mol. The third kappa shape index (κ3) is 3.95. The molecular formula is C14H24N2O4. The number of likely N-dealkylation sites (tertiary alicyclic amines) is 1. The Morgan fingerprint density at radius 2 is 2.00 bits per heavy atom. The van der Waals surface area contributed by atoms with Crippen LogP contribution >= 0.6 is 0 Å². The fourth-order valence-electron chi connectivity index (χ4n) is 2.54. The lowest BCUT2D eigenvalue weighted by Crippen LogP contribution is -2.52. The van der Waals surface area contributed by atoms with Crippen molar-refractivity contribution in [3.8, 4) is 0 Å². The fourth-order valence-corrected chi connectivity index (χ4v) is 2.54. The highest BCUT2D eigenvalue weighted by molar-refractivity contribution is 5.87. The van der Waals surface area contributed by atoms with Crippen LogP contribution in [-0.2, 0) is 14.4 Å². The molecule has 0 bridgehead atoms. The molecule has 1 heterocycles. The first kappa shape index (κ1) is 16.5. The van der Waals surface area contributed by atoms with Crippen molar-refractivity contribution in [2.45, 2.75) is 51.5 Å². The van der Waals surface area contributed by atoms with Crippen LogP contribution in [0.25, 0.3) is 0 Å². The zero-order valence-corrected chi connectivity index (χ0v) is 12.4. The Balaban J connectivity index is 2.71. The van der Waals surface area contributed by atoms with E-state index in [0.717, 1.165) is 0 Å². The highest BCUT2D eigenvalue weighted by Gasteiger charge is 2.35. The van der Waals surface area contributed by atoms with Gasteiger partial charge in [-0.05, 0) is 19.3 Å².